The number of alkyl halides is 3. The number of hydrogen-bond donors (Lipinski definition) is 1. The number of aliphatic carboxylic acids is 1. The van der Waals surface area contributed by atoms with Crippen LogP contribution < -0.4 is 0 Å². The van der Waals surface area contributed by atoms with Crippen LogP contribution in [0.5, 0.6) is 0 Å². The average Bonchev–Trinajstić information content (AvgIpc) is 2.30. The van der Waals surface area contributed by atoms with Crippen molar-refractivity contribution in [2.24, 2.45) is 0 Å². The van der Waals surface area contributed by atoms with E-state index in [2.05, 4.69) is 0 Å². The van der Waals surface area contributed by atoms with E-state index >= 15 is 0 Å². The van der Waals surface area contributed by atoms with Crippen LogP contribution in [0, 0.1) is 3.57 Å². The summed E-state index contributed by atoms with van der Waals surface area (Å²) in [5.74, 6) is -1.56. The molecule has 0 amide bonds. The van der Waals surface area contributed by atoms with Crippen molar-refractivity contribution in [1.29, 1.82) is 0 Å². The topological polar surface area (TPSA) is 46.5 Å². The molecule has 0 unspecified atom stereocenters. The van der Waals surface area contributed by atoms with E-state index in [-0.39, 0.29) is 17.9 Å². The van der Waals surface area contributed by atoms with Crippen molar-refractivity contribution in [3.05, 3.63) is 44.7 Å². The highest BCUT2D eigenvalue weighted by atomic mass is 127. The summed E-state index contributed by atoms with van der Waals surface area (Å²) >= 11 is 1.87. The molecule has 0 aliphatic heterocycles. The van der Waals surface area contributed by atoms with Gasteiger partial charge in [0.15, 0.2) is 5.76 Å². The number of rotatable bonds is 4. The van der Waals surface area contributed by atoms with Crippen LogP contribution in [0.25, 0.3) is 0 Å². The molecule has 0 aliphatic carbocycles. The first-order valence-electron chi connectivity index (χ1n) is 5.13. The van der Waals surface area contributed by atoms with Gasteiger partial charge < -0.3 is 9.84 Å². The first kappa shape index (κ1) is 15.8. The van der Waals surface area contributed by atoms with Gasteiger partial charge in [-0.15, -0.1) is 0 Å². The van der Waals surface area contributed by atoms with Crippen molar-refractivity contribution in [1.82, 2.24) is 0 Å². The number of carboxylic acids is 1. The van der Waals surface area contributed by atoms with Gasteiger partial charge in [-0.2, -0.15) is 13.2 Å². The fourth-order valence-electron chi connectivity index (χ4n) is 1.29. The lowest BCUT2D eigenvalue weighted by Crippen LogP contribution is -2.08. The second-order valence-electron chi connectivity index (χ2n) is 3.55. The first-order valence-corrected chi connectivity index (χ1v) is 6.21. The molecular formula is C12H10F3IO3. The standard InChI is InChI=1S/C12H10F3IO3/c1-2-10(11(17)18)19-6-7-5-8(12(13,14)15)3-4-9(7)16/h2-5H,6H2,1H3,(H,17,18)/b10-2-. The Morgan fingerprint density at radius 1 is 1.47 bits per heavy atom. The summed E-state index contributed by atoms with van der Waals surface area (Å²) in [5.41, 5.74) is -0.500. The van der Waals surface area contributed by atoms with Crippen molar-refractivity contribution in [2.45, 2.75) is 19.7 Å². The van der Waals surface area contributed by atoms with Crippen LogP contribution in [0.3, 0.4) is 0 Å². The predicted molar refractivity (Wildman–Crippen MR) is 70.3 cm³/mol. The maximum atomic E-state index is 12.5. The lowest BCUT2D eigenvalue weighted by Gasteiger charge is -2.12. The Morgan fingerprint density at radius 2 is 2.11 bits per heavy atom. The number of benzene rings is 1. The number of carboxylic acid groups (broad SMARTS) is 1. The largest absolute Gasteiger partial charge is 0.482 e. The maximum Gasteiger partial charge on any atom is 0.416 e. The van der Waals surface area contributed by atoms with Gasteiger partial charge in [0.25, 0.3) is 0 Å². The maximum absolute atomic E-state index is 12.5. The molecule has 0 aliphatic rings. The van der Waals surface area contributed by atoms with Crippen LogP contribution in [0.4, 0.5) is 13.2 Å². The van der Waals surface area contributed by atoms with Gasteiger partial charge in [0.2, 0.25) is 0 Å². The number of allylic oxidation sites excluding steroid dienone is 1. The molecule has 0 radical (unpaired) electrons. The van der Waals surface area contributed by atoms with Crippen LogP contribution in [0.2, 0.25) is 0 Å². The molecule has 1 N–H and O–H groups in total. The van der Waals surface area contributed by atoms with E-state index in [0.717, 1.165) is 12.1 Å². The van der Waals surface area contributed by atoms with Crippen molar-refractivity contribution >= 4 is 28.6 Å². The number of ether oxygens (including phenoxy) is 1. The van der Waals surface area contributed by atoms with Gasteiger partial charge in [-0.1, -0.05) is 0 Å². The van der Waals surface area contributed by atoms with Crippen LogP contribution in [-0.2, 0) is 22.3 Å². The highest BCUT2D eigenvalue weighted by molar-refractivity contribution is 14.1. The second-order valence-corrected chi connectivity index (χ2v) is 4.71. The molecule has 3 nitrogen and oxygen atoms in total. The van der Waals surface area contributed by atoms with Crippen LogP contribution >= 0.6 is 22.6 Å². The summed E-state index contributed by atoms with van der Waals surface area (Å²) in [4.78, 5) is 10.7. The molecule has 1 aromatic carbocycles. The molecule has 0 heterocycles. The summed E-state index contributed by atoms with van der Waals surface area (Å²) < 4.78 is 43.2. The van der Waals surface area contributed by atoms with E-state index in [4.69, 9.17) is 9.84 Å². The number of carbonyl (C=O) groups is 1. The van der Waals surface area contributed by atoms with Gasteiger partial charge in [-0.05, 0) is 53.8 Å². The van der Waals surface area contributed by atoms with Crippen molar-refractivity contribution in [2.75, 3.05) is 0 Å². The summed E-state index contributed by atoms with van der Waals surface area (Å²) in [5, 5.41) is 8.73. The molecule has 0 fully saturated rings. The second kappa shape index (κ2) is 6.27. The molecule has 0 aromatic heterocycles. The van der Waals surface area contributed by atoms with Gasteiger partial charge in [0.05, 0.1) is 5.56 Å². The molecule has 7 heteroatoms. The minimum atomic E-state index is -4.44. The number of halogens is 4. The van der Waals surface area contributed by atoms with Gasteiger partial charge >= 0.3 is 12.1 Å². The molecule has 0 spiro atoms. The monoisotopic (exact) mass is 386 g/mol. The van der Waals surface area contributed by atoms with Gasteiger partial charge in [-0.25, -0.2) is 4.79 Å². The fraction of sp³-hybridized carbons (Fsp3) is 0.250. The lowest BCUT2D eigenvalue weighted by atomic mass is 10.1. The van der Waals surface area contributed by atoms with Crippen molar-refractivity contribution in [3.63, 3.8) is 0 Å². The molecule has 0 saturated heterocycles. The number of hydrogen-bond acceptors (Lipinski definition) is 2. The first-order chi connectivity index (χ1) is 8.75. The Labute approximate surface area is 121 Å². The van der Waals surface area contributed by atoms with Crippen molar-refractivity contribution in [3.8, 4) is 0 Å². The Hall–Kier alpha value is -1.25. The smallest absolute Gasteiger partial charge is 0.416 e. The summed E-state index contributed by atoms with van der Waals surface area (Å²) in [7, 11) is 0. The van der Waals surface area contributed by atoms with Crippen molar-refractivity contribution < 1.29 is 27.8 Å². The molecule has 0 bridgehead atoms. The van der Waals surface area contributed by atoms with Gasteiger partial charge in [-0.3, -0.25) is 0 Å². The third kappa shape index (κ3) is 4.41. The third-order valence-electron chi connectivity index (χ3n) is 2.23. The Kier molecular flexibility index (Phi) is 5.21. The quantitative estimate of drug-likeness (QED) is 0.487. The zero-order valence-electron chi connectivity index (χ0n) is 9.79. The minimum Gasteiger partial charge on any atom is -0.482 e. The van der Waals surface area contributed by atoms with E-state index in [1.807, 2.05) is 22.6 Å². The van der Waals surface area contributed by atoms with Crippen LogP contribution in [-0.4, -0.2) is 11.1 Å². The van der Waals surface area contributed by atoms with E-state index in [1.54, 1.807) is 0 Å². The van der Waals surface area contributed by atoms with Gasteiger partial charge in [0, 0.05) is 9.13 Å². The van der Waals surface area contributed by atoms with E-state index in [9.17, 15) is 18.0 Å². The summed E-state index contributed by atoms with van der Waals surface area (Å²) in [6.07, 6.45) is -3.20. The molecule has 104 valence electrons. The summed E-state index contributed by atoms with van der Waals surface area (Å²) in [6, 6.07) is 3.24. The lowest BCUT2D eigenvalue weighted by molar-refractivity contribution is -0.138. The third-order valence-corrected chi connectivity index (χ3v) is 3.28. The molecule has 1 rings (SSSR count). The van der Waals surface area contributed by atoms with Crippen LogP contribution in [0.1, 0.15) is 18.1 Å². The highest BCUT2D eigenvalue weighted by Gasteiger charge is 2.30. The average molecular weight is 386 g/mol. The molecule has 0 saturated carbocycles. The van der Waals surface area contributed by atoms with Crippen LogP contribution in [0.15, 0.2) is 30.0 Å². The molecule has 19 heavy (non-hydrogen) atoms. The van der Waals surface area contributed by atoms with E-state index < -0.39 is 17.7 Å². The van der Waals surface area contributed by atoms with Gasteiger partial charge in [0.1, 0.15) is 6.61 Å². The minimum absolute atomic E-state index is 0.228. The summed E-state index contributed by atoms with van der Waals surface area (Å²) in [6.45, 7) is 1.24. The molecule has 1 aromatic rings. The zero-order chi connectivity index (χ0) is 14.6. The highest BCUT2D eigenvalue weighted by Crippen LogP contribution is 2.31. The molecule has 0 atom stereocenters. The Balaban J connectivity index is 2.92. The Bertz CT molecular complexity index is 509. The predicted octanol–water partition coefficient (Wildman–Crippen LogP) is 3.82. The normalized spacial score (nSPS) is 12.4. The fourth-order valence-corrected chi connectivity index (χ4v) is 1.78. The van der Waals surface area contributed by atoms with E-state index in [0.29, 0.717) is 3.57 Å². The SMILES string of the molecule is C/C=C(\OCc1cc(C(F)(F)F)ccc1I)C(=O)O. The Morgan fingerprint density at radius 3 is 2.58 bits per heavy atom. The van der Waals surface area contributed by atoms with E-state index in [1.165, 1.54) is 19.1 Å². The zero-order valence-corrected chi connectivity index (χ0v) is 11.9. The molecular weight excluding hydrogens is 376 g/mol.